The number of benzene rings is 1. The van der Waals surface area contributed by atoms with Gasteiger partial charge in [-0.1, -0.05) is 17.7 Å². The molecule has 0 saturated heterocycles. The van der Waals surface area contributed by atoms with E-state index < -0.39 is 0 Å². The summed E-state index contributed by atoms with van der Waals surface area (Å²) in [5.74, 6) is 1.67. The summed E-state index contributed by atoms with van der Waals surface area (Å²) in [5.41, 5.74) is 1.28. The summed E-state index contributed by atoms with van der Waals surface area (Å²) in [5, 5.41) is 4.04. The van der Waals surface area contributed by atoms with Crippen LogP contribution < -0.4 is 5.32 Å². The maximum absolute atomic E-state index is 4.98. The van der Waals surface area contributed by atoms with Gasteiger partial charge in [0.05, 0.1) is 12.4 Å². The number of aromatic nitrogens is 2. The third kappa shape index (κ3) is 4.81. The van der Waals surface area contributed by atoms with E-state index in [2.05, 4.69) is 45.9 Å². The second-order valence-corrected chi connectivity index (χ2v) is 5.84. The van der Waals surface area contributed by atoms with Crippen molar-refractivity contribution in [2.45, 2.75) is 17.6 Å². The predicted molar refractivity (Wildman–Crippen MR) is 81.0 cm³/mol. The Kier molecular flexibility index (Phi) is 5.62. The molecule has 2 aromatic rings. The smallest absolute Gasteiger partial charge is 0.202 e. The van der Waals surface area contributed by atoms with Crippen molar-refractivity contribution in [2.75, 3.05) is 25.6 Å². The monoisotopic (exact) mass is 295 g/mol. The topological polar surface area (TPSA) is 47.0 Å². The number of hydrogen-bond acceptors (Lipinski definition) is 6. The van der Waals surface area contributed by atoms with Crippen molar-refractivity contribution >= 4 is 28.4 Å². The van der Waals surface area contributed by atoms with Gasteiger partial charge in [0.25, 0.3) is 0 Å². The van der Waals surface area contributed by atoms with E-state index >= 15 is 0 Å². The summed E-state index contributed by atoms with van der Waals surface area (Å²) < 4.78 is 9.32. The molecule has 0 aliphatic heterocycles. The molecule has 0 radical (unpaired) electrons. The standard InChI is InChI=1S/C13H17N3OS2/c1-10-4-3-5-11(8-10)18-9-12-15-13(19-16-12)14-6-7-17-2/h3-5,8H,6-7,9H2,1-2H3,(H,14,15,16). The van der Waals surface area contributed by atoms with E-state index in [0.29, 0.717) is 6.61 Å². The van der Waals surface area contributed by atoms with E-state index in [0.717, 1.165) is 23.3 Å². The predicted octanol–water partition coefficient (Wildman–Crippen LogP) is 3.20. The summed E-state index contributed by atoms with van der Waals surface area (Å²) in [7, 11) is 1.69. The molecule has 1 heterocycles. The Morgan fingerprint density at radius 1 is 1.42 bits per heavy atom. The summed E-state index contributed by atoms with van der Waals surface area (Å²) in [6.45, 7) is 3.53. The van der Waals surface area contributed by atoms with Gasteiger partial charge >= 0.3 is 0 Å². The molecule has 1 aromatic carbocycles. The number of thioether (sulfide) groups is 1. The molecule has 0 amide bonds. The molecule has 2 rings (SSSR count). The third-order valence-electron chi connectivity index (χ3n) is 2.41. The van der Waals surface area contributed by atoms with E-state index in [9.17, 15) is 0 Å². The van der Waals surface area contributed by atoms with Crippen molar-refractivity contribution in [3.05, 3.63) is 35.7 Å². The Hall–Kier alpha value is -1.11. The average molecular weight is 295 g/mol. The van der Waals surface area contributed by atoms with Crippen LogP contribution in [0.1, 0.15) is 11.4 Å². The highest BCUT2D eigenvalue weighted by molar-refractivity contribution is 7.98. The quantitative estimate of drug-likeness (QED) is 0.628. The number of nitrogens with one attached hydrogen (secondary N) is 1. The molecule has 0 bridgehead atoms. The van der Waals surface area contributed by atoms with Crippen LogP contribution in [0, 0.1) is 6.92 Å². The number of aryl methyl sites for hydroxylation is 1. The lowest BCUT2D eigenvalue weighted by molar-refractivity contribution is 0.211. The van der Waals surface area contributed by atoms with E-state index in [1.807, 2.05) is 0 Å². The Morgan fingerprint density at radius 2 is 2.32 bits per heavy atom. The van der Waals surface area contributed by atoms with E-state index in [4.69, 9.17) is 4.74 Å². The molecular formula is C13H17N3OS2. The van der Waals surface area contributed by atoms with Gasteiger partial charge in [0.15, 0.2) is 5.82 Å². The minimum absolute atomic E-state index is 0.674. The van der Waals surface area contributed by atoms with Gasteiger partial charge in [-0.05, 0) is 19.1 Å². The minimum Gasteiger partial charge on any atom is -0.383 e. The second kappa shape index (κ2) is 7.47. The Morgan fingerprint density at radius 3 is 3.11 bits per heavy atom. The second-order valence-electron chi connectivity index (χ2n) is 4.04. The first kappa shape index (κ1) is 14.3. The number of anilines is 1. The minimum atomic E-state index is 0.674. The molecular weight excluding hydrogens is 278 g/mol. The van der Waals surface area contributed by atoms with Crippen LogP contribution >= 0.6 is 23.3 Å². The van der Waals surface area contributed by atoms with Crippen LogP contribution in [-0.2, 0) is 10.5 Å². The molecule has 1 N–H and O–H groups in total. The zero-order valence-corrected chi connectivity index (χ0v) is 12.7. The van der Waals surface area contributed by atoms with Gasteiger partial charge in [0.1, 0.15) is 0 Å². The molecule has 6 heteroatoms. The van der Waals surface area contributed by atoms with Crippen LogP contribution in [0.3, 0.4) is 0 Å². The van der Waals surface area contributed by atoms with Crippen molar-refractivity contribution in [3.63, 3.8) is 0 Å². The SMILES string of the molecule is COCCNc1nc(CSc2cccc(C)c2)ns1. The van der Waals surface area contributed by atoms with Crippen LogP contribution in [0.15, 0.2) is 29.2 Å². The molecule has 1 aromatic heterocycles. The molecule has 0 aliphatic carbocycles. The van der Waals surface area contributed by atoms with Gasteiger partial charge in [0.2, 0.25) is 5.13 Å². The highest BCUT2D eigenvalue weighted by Gasteiger charge is 2.04. The molecule has 0 unspecified atom stereocenters. The van der Waals surface area contributed by atoms with Crippen LogP contribution in [-0.4, -0.2) is 29.6 Å². The van der Waals surface area contributed by atoms with Gasteiger partial charge < -0.3 is 10.1 Å². The number of hydrogen-bond donors (Lipinski definition) is 1. The van der Waals surface area contributed by atoms with Crippen molar-refractivity contribution in [2.24, 2.45) is 0 Å². The van der Waals surface area contributed by atoms with Gasteiger partial charge in [-0.3, -0.25) is 0 Å². The highest BCUT2D eigenvalue weighted by Crippen LogP contribution is 2.23. The normalized spacial score (nSPS) is 10.6. The molecule has 102 valence electrons. The van der Waals surface area contributed by atoms with Crippen LogP contribution in [0.5, 0.6) is 0 Å². The van der Waals surface area contributed by atoms with E-state index in [1.54, 1.807) is 18.9 Å². The largest absolute Gasteiger partial charge is 0.383 e. The molecule has 0 saturated carbocycles. The van der Waals surface area contributed by atoms with Gasteiger partial charge in [-0.25, -0.2) is 4.98 Å². The first-order valence-electron chi connectivity index (χ1n) is 6.03. The third-order valence-corrected chi connectivity index (χ3v) is 4.11. The van der Waals surface area contributed by atoms with Crippen molar-refractivity contribution in [1.82, 2.24) is 9.36 Å². The molecule has 0 aliphatic rings. The fourth-order valence-electron chi connectivity index (χ4n) is 1.50. The van der Waals surface area contributed by atoms with Gasteiger partial charge in [-0.2, -0.15) is 4.37 Å². The zero-order chi connectivity index (χ0) is 13.5. The molecule has 0 atom stereocenters. The van der Waals surface area contributed by atoms with Crippen LogP contribution in [0.2, 0.25) is 0 Å². The zero-order valence-electron chi connectivity index (χ0n) is 11.0. The maximum atomic E-state index is 4.98. The van der Waals surface area contributed by atoms with Crippen molar-refractivity contribution in [1.29, 1.82) is 0 Å². The summed E-state index contributed by atoms with van der Waals surface area (Å²) in [6, 6.07) is 8.46. The number of nitrogens with zero attached hydrogens (tertiary/aromatic N) is 2. The van der Waals surface area contributed by atoms with E-state index in [1.165, 1.54) is 22.0 Å². The fraction of sp³-hybridized carbons (Fsp3) is 0.385. The Balaban J connectivity index is 1.83. The molecule has 19 heavy (non-hydrogen) atoms. The van der Waals surface area contributed by atoms with Gasteiger partial charge in [-0.15, -0.1) is 11.8 Å². The number of ether oxygens (including phenoxy) is 1. The lowest BCUT2D eigenvalue weighted by Crippen LogP contribution is -2.07. The maximum Gasteiger partial charge on any atom is 0.202 e. The van der Waals surface area contributed by atoms with Crippen molar-refractivity contribution in [3.8, 4) is 0 Å². The number of rotatable bonds is 7. The average Bonchev–Trinajstić information content (AvgIpc) is 2.85. The lowest BCUT2D eigenvalue weighted by atomic mass is 10.2. The molecule has 0 fully saturated rings. The summed E-state index contributed by atoms with van der Waals surface area (Å²) in [4.78, 5) is 5.69. The summed E-state index contributed by atoms with van der Waals surface area (Å²) >= 11 is 3.16. The van der Waals surface area contributed by atoms with Crippen LogP contribution in [0.25, 0.3) is 0 Å². The first-order valence-corrected chi connectivity index (χ1v) is 7.78. The highest BCUT2D eigenvalue weighted by atomic mass is 32.2. The summed E-state index contributed by atoms with van der Waals surface area (Å²) in [6.07, 6.45) is 0. The van der Waals surface area contributed by atoms with Gasteiger partial charge in [0, 0.05) is 30.1 Å². The fourth-order valence-corrected chi connectivity index (χ4v) is 3.06. The first-order chi connectivity index (χ1) is 9.28. The molecule has 0 spiro atoms. The van der Waals surface area contributed by atoms with E-state index in [-0.39, 0.29) is 0 Å². The molecule has 4 nitrogen and oxygen atoms in total. The number of methoxy groups -OCH3 is 1. The Labute approximate surface area is 121 Å². The lowest BCUT2D eigenvalue weighted by Gasteiger charge is -2.00. The van der Waals surface area contributed by atoms with Crippen molar-refractivity contribution < 1.29 is 4.74 Å². The van der Waals surface area contributed by atoms with Crippen LogP contribution in [0.4, 0.5) is 5.13 Å². The Bertz CT molecular complexity index is 516.